The molecule has 0 aliphatic carbocycles. The van der Waals surface area contributed by atoms with Gasteiger partial charge in [0.25, 0.3) is 5.91 Å². The summed E-state index contributed by atoms with van der Waals surface area (Å²) < 4.78 is 13.4. The third kappa shape index (κ3) is 2.58. The molecule has 1 aliphatic heterocycles. The number of nitrogens with zero attached hydrogens (tertiary/aromatic N) is 1. The van der Waals surface area contributed by atoms with Crippen molar-refractivity contribution in [2.45, 2.75) is 12.2 Å². The van der Waals surface area contributed by atoms with Crippen LogP contribution in [0.3, 0.4) is 0 Å². The number of rotatable bonds is 1. The highest BCUT2D eigenvalue weighted by Crippen LogP contribution is 2.19. The topological polar surface area (TPSA) is 60.8 Å². The van der Waals surface area contributed by atoms with Crippen molar-refractivity contribution in [1.82, 2.24) is 4.90 Å². The second kappa shape index (κ2) is 4.87. The quantitative estimate of drug-likeness (QED) is 0.729. The number of benzene rings is 1. The molecule has 92 valence electrons. The highest BCUT2D eigenvalue weighted by molar-refractivity contribution is 14.1. The van der Waals surface area contributed by atoms with Gasteiger partial charge in [-0.15, -0.1) is 0 Å². The van der Waals surface area contributed by atoms with Crippen LogP contribution in [0.2, 0.25) is 0 Å². The Balaban J connectivity index is 2.20. The summed E-state index contributed by atoms with van der Waals surface area (Å²) in [6, 6.07) is 3.91. The van der Waals surface area contributed by atoms with E-state index in [9.17, 15) is 19.4 Å². The van der Waals surface area contributed by atoms with Crippen LogP contribution >= 0.6 is 22.6 Å². The standard InChI is InChI=1S/C11H11FINO3/c12-6-1-2-7(8(13)3-6)11(17)14-4-9(15)10(16)5-14/h1-3,9-10,15-16H,4-5H2. The van der Waals surface area contributed by atoms with Crippen LogP contribution in [-0.2, 0) is 0 Å². The SMILES string of the molecule is O=C(c1ccc(F)cc1I)N1CC(O)C(O)C1. The van der Waals surface area contributed by atoms with Crippen LogP contribution in [-0.4, -0.2) is 46.3 Å². The summed E-state index contributed by atoms with van der Waals surface area (Å²) in [5, 5.41) is 18.7. The van der Waals surface area contributed by atoms with Gasteiger partial charge in [0.15, 0.2) is 0 Å². The monoisotopic (exact) mass is 351 g/mol. The number of halogens is 2. The first-order valence-corrected chi connectivity index (χ1v) is 6.17. The van der Waals surface area contributed by atoms with Gasteiger partial charge in [-0.2, -0.15) is 0 Å². The van der Waals surface area contributed by atoms with E-state index in [1.165, 1.54) is 23.1 Å². The second-order valence-electron chi connectivity index (χ2n) is 3.97. The van der Waals surface area contributed by atoms with Crippen molar-refractivity contribution in [2.75, 3.05) is 13.1 Å². The number of likely N-dealkylation sites (tertiary alicyclic amines) is 1. The smallest absolute Gasteiger partial charge is 0.255 e. The van der Waals surface area contributed by atoms with Crippen LogP contribution in [0.5, 0.6) is 0 Å². The van der Waals surface area contributed by atoms with Crippen LogP contribution < -0.4 is 0 Å². The Kier molecular flexibility index (Phi) is 3.64. The molecular weight excluding hydrogens is 340 g/mol. The number of hydrogen-bond donors (Lipinski definition) is 2. The first-order chi connectivity index (χ1) is 7.99. The van der Waals surface area contributed by atoms with E-state index in [0.717, 1.165) is 0 Å². The van der Waals surface area contributed by atoms with Crippen molar-refractivity contribution in [2.24, 2.45) is 0 Å². The Morgan fingerprint density at radius 3 is 2.47 bits per heavy atom. The lowest BCUT2D eigenvalue weighted by atomic mass is 10.2. The maximum Gasteiger partial charge on any atom is 0.255 e. The highest BCUT2D eigenvalue weighted by Gasteiger charge is 2.33. The average molecular weight is 351 g/mol. The normalized spacial score (nSPS) is 24.1. The summed E-state index contributed by atoms with van der Waals surface area (Å²) in [7, 11) is 0. The first kappa shape index (κ1) is 12.7. The molecule has 2 unspecified atom stereocenters. The molecule has 1 fully saturated rings. The molecular formula is C11H11FINO3. The lowest BCUT2D eigenvalue weighted by Gasteiger charge is -2.16. The van der Waals surface area contributed by atoms with E-state index in [1.807, 2.05) is 22.6 Å². The van der Waals surface area contributed by atoms with Gasteiger partial charge in [0.05, 0.1) is 17.8 Å². The number of carbonyl (C=O) groups excluding carboxylic acids is 1. The van der Waals surface area contributed by atoms with Crippen molar-refractivity contribution < 1.29 is 19.4 Å². The molecule has 1 heterocycles. The molecule has 17 heavy (non-hydrogen) atoms. The third-order valence-corrected chi connectivity index (χ3v) is 3.60. The molecule has 0 saturated carbocycles. The van der Waals surface area contributed by atoms with Crippen molar-refractivity contribution in [3.63, 3.8) is 0 Å². The van der Waals surface area contributed by atoms with Crippen LogP contribution in [0.15, 0.2) is 18.2 Å². The van der Waals surface area contributed by atoms with Gasteiger partial charge in [0.2, 0.25) is 0 Å². The number of amides is 1. The minimum absolute atomic E-state index is 0.105. The van der Waals surface area contributed by atoms with Crippen molar-refractivity contribution in [1.29, 1.82) is 0 Å². The molecule has 2 atom stereocenters. The fourth-order valence-electron chi connectivity index (χ4n) is 1.77. The summed E-state index contributed by atoms with van der Waals surface area (Å²) in [6.45, 7) is 0.209. The van der Waals surface area contributed by atoms with E-state index >= 15 is 0 Å². The molecule has 0 aromatic heterocycles. The van der Waals surface area contributed by atoms with Gasteiger partial charge in [-0.25, -0.2) is 4.39 Å². The van der Waals surface area contributed by atoms with Crippen molar-refractivity contribution in [3.05, 3.63) is 33.1 Å². The Morgan fingerprint density at radius 1 is 1.35 bits per heavy atom. The minimum Gasteiger partial charge on any atom is -0.388 e. The predicted octanol–water partition coefficient (Wildman–Crippen LogP) is 0.608. The lowest BCUT2D eigenvalue weighted by Crippen LogP contribution is -2.30. The van der Waals surface area contributed by atoms with Gasteiger partial charge >= 0.3 is 0 Å². The molecule has 1 aromatic rings. The van der Waals surface area contributed by atoms with Gasteiger partial charge in [-0.05, 0) is 40.8 Å². The van der Waals surface area contributed by atoms with Gasteiger partial charge in [0.1, 0.15) is 5.82 Å². The van der Waals surface area contributed by atoms with Crippen LogP contribution in [0.25, 0.3) is 0 Å². The highest BCUT2D eigenvalue weighted by atomic mass is 127. The van der Waals surface area contributed by atoms with E-state index in [-0.39, 0.29) is 19.0 Å². The van der Waals surface area contributed by atoms with Crippen LogP contribution in [0.1, 0.15) is 10.4 Å². The zero-order chi connectivity index (χ0) is 12.6. The van der Waals surface area contributed by atoms with E-state index in [1.54, 1.807) is 0 Å². The van der Waals surface area contributed by atoms with E-state index < -0.39 is 18.0 Å². The molecule has 1 aliphatic rings. The van der Waals surface area contributed by atoms with E-state index in [4.69, 9.17) is 0 Å². The zero-order valence-corrected chi connectivity index (χ0v) is 11.0. The molecule has 4 nitrogen and oxygen atoms in total. The maximum atomic E-state index is 12.9. The minimum atomic E-state index is -0.906. The number of β-amino-alcohol motifs (C(OH)–C–C–N with tert-alkyl or cyclic N) is 2. The van der Waals surface area contributed by atoms with Crippen LogP contribution in [0.4, 0.5) is 4.39 Å². The van der Waals surface area contributed by atoms with Gasteiger partial charge < -0.3 is 15.1 Å². The summed E-state index contributed by atoms with van der Waals surface area (Å²) in [6.07, 6.45) is -1.81. The van der Waals surface area contributed by atoms with Gasteiger partial charge in [-0.3, -0.25) is 4.79 Å². The zero-order valence-electron chi connectivity index (χ0n) is 8.81. The third-order valence-electron chi connectivity index (χ3n) is 2.71. The fourth-order valence-corrected chi connectivity index (χ4v) is 2.48. The van der Waals surface area contributed by atoms with E-state index in [0.29, 0.717) is 9.13 Å². The van der Waals surface area contributed by atoms with Gasteiger partial charge in [0, 0.05) is 16.7 Å². The Morgan fingerprint density at radius 2 is 1.94 bits per heavy atom. The summed E-state index contributed by atoms with van der Waals surface area (Å²) >= 11 is 1.89. The Hall–Kier alpha value is -0.730. The van der Waals surface area contributed by atoms with Crippen LogP contribution in [0, 0.1) is 9.39 Å². The Labute approximate surface area is 111 Å². The molecule has 1 aromatic carbocycles. The summed E-state index contributed by atoms with van der Waals surface area (Å²) in [5.74, 6) is -0.697. The van der Waals surface area contributed by atoms with Crippen molar-refractivity contribution in [3.8, 4) is 0 Å². The molecule has 1 saturated heterocycles. The number of aliphatic hydroxyl groups is 2. The molecule has 1 amide bonds. The second-order valence-corrected chi connectivity index (χ2v) is 5.13. The summed E-state index contributed by atoms with van der Waals surface area (Å²) in [4.78, 5) is 13.4. The average Bonchev–Trinajstić information content (AvgIpc) is 2.58. The molecule has 2 N–H and O–H groups in total. The number of aliphatic hydroxyl groups excluding tert-OH is 2. The lowest BCUT2D eigenvalue weighted by molar-refractivity contribution is 0.0572. The van der Waals surface area contributed by atoms with E-state index in [2.05, 4.69) is 0 Å². The largest absolute Gasteiger partial charge is 0.388 e. The molecule has 6 heteroatoms. The maximum absolute atomic E-state index is 12.9. The summed E-state index contributed by atoms with van der Waals surface area (Å²) in [5.41, 5.74) is 0.383. The van der Waals surface area contributed by atoms with Gasteiger partial charge in [-0.1, -0.05) is 0 Å². The number of carbonyl (C=O) groups is 1. The fraction of sp³-hybridized carbons (Fsp3) is 0.364. The predicted molar refractivity (Wildman–Crippen MR) is 67.0 cm³/mol. The first-order valence-electron chi connectivity index (χ1n) is 5.09. The molecule has 2 rings (SSSR count). The molecule has 0 bridgehead atoms. The van der Waals surface area contributed by atoms with Crippen molar-refractivity contribution >= 4 is 28.5 Å². The molecule has 0 spiro atoms. The Bertz CT molecular complexity index is 444. The number of hydrogen-bond acceptors (Lipinski definition) is 3. The molecule has 0 radical (unpaired) electrons.